The van der Waals surface area contributed by atoms with E-state index < -0.39 is 0 Å². The SMILES string of the molecule is COc1ccccc1[C@H]1C[C@@H]1C(=O)NCc1cn2ccsc2n1. The number of nitrogens with one attached hydrogen (secondary N) is 1. The van der Waals surface area contributed by atoms with Gasteiger partial charge in [0.25, 0.3) is 0 Å². The van der Waals surface area contributed by atoms with E-state index in [1.807, 2.05) is 46.4 Å². The molecule has 0 unspecified atom stereocenters. The molecule has 2 aromatic heterocycles. The molecule has 5 nitrogen and oxygen atoms in total. The summed E-state index contributed by atoms with van der Waals surface area (Å²) in [5.74, 6) is 1.26. The molecule has 3 aromatic rings. The number of carbonyl (C=O) groups is 1. The molecule has 1 aliphatic carbocycles. The number of rotatable bonds is 5. The Morgan fingerprint density at radius 2 is 2.35 bits per heavy atom. The first-order valence-electron chi connectivity index (χ1n) is 7.58. The minimum Gasteiger partial charge on any atom is -0.496 e. The topological polar surface area (TPSA) is 55.6 Å². The lowest BCUT2D eigenvalue weighted by Gasteiger charge is -2.07. The van der Waals surface area contributed by atoms with Crippen molar-refractivity contribution in [3.63, 3.8) is 0 Å². The summed E-state index contributed by atoms with van der Waals surface area (Å²) in [6, 6.07) is 7.92. The summed E-state index contributed by atoms with van der Waals surface area (Å²) in [6.45, 7) is 0.475. The van der Waals surface area contributed by atoms with Crippen molar-refractivity contribution in [1.82, 2.24) is 14.7 Å². The first-order valence-corrected chi connectivity index (χ1v) is 8.46. The van der Waals surface area contributed by atoms with Gasteiger partial charge in [-0.2, -0.15) is 0 Å². The van der Waals surface area contributed by atoms with Crippen LogP contribution in [-0.4, -0.2) is 22.4 Å². The fraction of sp³-hybridized carbons (Fsp3) is 0.294. The number of nitrogens with zero attached hydrogens (tertiary/aromatic N) is 2. The van der Waals surface area contributed by atoms with Gasteiger partial charge in [0.15, 0.2) is 4.96 Å². The smallest absolute Gasteiger partial charge is 0.224 e. The predicted molar refractivity (Wildman–Crippen MR) is 88.8 cm³/mol. The van der Waals surface area contributed by atoms with Crippen LogP contribution in [-0.2, 0) is 11.3 Å². The van der Waals surface area contributed by atoms with Crippen LogP contribution in [0.2, 0.25) is 0 Å². The molecule has 1 saturated carbocycles. The van der Waals surface area contributed by atoms with E-state index in [-0.39, 0.29) is 17.7 Å². The van der Waals surface area contributed by atoms with Gasteiger partial charge >= 0.3 is 0 Å². The van der Waals surface area contributed by atoms with Gasteiger partial charge in [0.05, 0.1) is 19.3 Å². The molecule has 1 aliphatic rings. The molecule has 0 aliphatic heterocycles. The van der Waals surface area contributed by atoms with Crippen molar-refractivity contribution in [2.75, 3.05) is 7.11 Å². The van der Waals surface area contributed by atoms with E-state index in [2.05, 4.69) is 10.3 Å². The lowest BCUT2D eigenvalue weighted by Crippen LogP contribution is -2.25. The van der Waals surface area contributed by atoms with Crippen molar-refractivity contribution in [2.45, 2.75) is 18.9 Å². The van der Waals surface area contributed by atoms with Crippen molar-refractivity contribution in [1.29, 1.82) is 0 Å². The van der Waals surface area contributed by atoms with Crippen LogP contribution < -0.4 is 10.1 Å². The van der Waals surface area contributed by atoms with Gasteiger partial charge in [0.2, 0.25) is 5.91 Å². The highest BCUT2D eigenvalue weighted by atomic mass is 32.1. The lowest BCUT2D eigenvalue weighted by molar-refractivity contribution is -0.122. The Kier molecular flexibility index (Phi) is 3.53. The molecular weight excluding hydrogens is 310 g/mol. The van der Waals surface area contributed by atoms with Crippen LogP contribution >= 0.6 is 11.3 Å². The number of benzene rings is 1. The zero-order valence-corrected chi connectivity index (χ0v) is 13.5. The number of thiazole rings is 1. The maximum Gasteiger partial charge on any atom is 0.224 e. The van der Waals surface area contributed by atoms with E-state index in [4.69, 9.17) is 4.74 Å². The van der Waals surface area contributed by atoms with Gasteiger partial charge in [-0.1, -0.05) is 18.2 Å². The fourth-order valence-corrected chi connectivity index (χ4v) is 3.69. The van der Waals surface area contributed by atoms with E-state index in [1.165, 1.54) is 0 Å². The van der Waals surface area contributed by atoms with Gasteiger partial charge < -0.3 is 10.1 Å². The number of amides is 1. The Morgan fingerprint density at radius 1 is 1.48 bits per heavy atom. The van der Waals surface area contributed by atoms with Crippen molar-refractivity contribution >= 4 is 22.2 Å². The second-order valence-electron chi connectivity index (χ2n) is 5.73. The Labute approximate surface area is 137 Å². The molecular formula is C17H17N3O2S. The van der Waals surface area contributed by atoms with Gasteiger partial charge in [0, 0.05) is 23.7 Å². The molecule has 1 amide bonds. The quantitative estimate of drug-likeness (QED) is 0.784. The largest absolute Gasteiger partial charge is 0.496 e. The van der Waals surface area contributed by atoms with Gasteiger partial charge in [0.1, 0.15) is 5.75 Å². The Morgan fingerprint density at radius 3 is 3.17 bits per heavy atom. The number of aromatic nitrogens is 2. The minimum absolute atomic E-state index is 0.0371. The predicted octanol–water partition coefficient (Wildman–Crippen LogP) is 2.82. The van der Waals surface area contributed by atoms with Crippen LogP contribution in [0.15, 0.2) is 42.0 Å². The summed E-state index contributed by atoms with van der Waals surface area (Å²) in [7, 11) is 1.67. The first kappa shape index (κ1) is 14.3. The molecule has 2 heterocycles. The normalized spacial score (nSPS) is 19.7. The molecule has 1 fully saturated rings. The van der Waals surface area contributed by atoms with E-state index in [0.717, 1.165) is 28.4 Å². The molecule has 1 N–H and O–H groups in total. The fourth-order valence-electron chi connectivity index (χ4n) is 2.97. The highest BCUT2D eigenvalue weighted by Crippen LogP contribution is 2.50. The van der Waals surface area contributed by atoms with E-state index in [1.54, 1.807) is 18.4 Å². The van der Waals surface area contributed by atoms with Crippen molar-refractivity contribution < 1.29 is 9.53 Å². The van der Waals surface area contributed by atoms with Crippen LogP contribution in [0.5, 0.6) is 5.75 Å². The third kappa shape index (κ3) is 2.70. The van der Waals surface area contributed by atoms with Crippen LogP contribution in [0.1, 0.15) is 23.6 Å². The van der Waals surface area contributed by atoms with E-state index in [0.29, 0.717) is 6.54 Å². The van der Waals surface area contributed by atoms with Crippen LogP contribution in [0, 0.1) is 5.92 Å². The zero-order chi connectivity index (χ0) is 15.8. The molecule has 0 bridgehead atoms. The van der Waals surface area contributed by atoms with Crippen LogP contribution in [0.4, 0.5) is 0 Å². The Hall–Kier alpha value is -2.34. The van der Waals surface area contributed by atoms with Crippen LogP contribution in [0.25, 0.3) is 4.96 Å². The highest BCUT2D eigenvalue weighted by Gasteiger charge is 2.45. The summed E-state index contributed by atoms with van der Waals surface area (Å²) in [5, 5.41) is 4.99. The second kappa shape index (κ2) is 5.70. The van der Waals surface area contributed by atoms with Gasteiger partial charge in [-0.05, 0) is 24.0 Å². The number of methoxy groups -OCH3 is 1. The van der Waals surface area contributed by atoms with E-state index >= 15 is 0 Å². The summed E-state index contributed by atoms with van der Waals surface area (Å²) in [4.78, 5) is 17.8. The third-order valence-corrected chi connectivity index (χ3v) is 5.02. The number of para-hydroxylation sites is 1. The summed E-state index contributed by atoms with van der Waals surface area (Å²) in [6.07, 6.45) is 4.80. The average Bonchev–Trinajstić information content (AvgIpc) is 3.10. The molecule has 2 atom stereocenters. The molecule has 6 heteroatoms. The minimum atomic E-state index is 0.0371. The van der Waals surface area contributed by atoms with Crippen molar-refractivity contribution in [3.8, 4) is 5.75 Å². The van der Waals surface area contributed by atoms with Gasteiger partial charge in [-0.15, -0.1) is 11.3 Å². The standard InChI is InChI=1S/C17H17N3O2S/c1-22-15-5-3-2-4-12(15)13-8-14(13)16(21)18-9-11-10-20-6-7-23-17(20)19-11/h2-7,10,13-14H,8-9H2,1H3,(H,18,21)/t13-,14+/m1/s1. The van der Waals surface area contributed by atoms with Crippen LogP contribution in [0.3, 0.4) is 0 Å². The van der Waals surface area contributed by atoms with Crippen molar-refractivity contribution in [2.24, 2.45) is 5.92 Å². The number of carbonyl (C=O) groups excluding carboxylic acids is 1. The number of ether oxygens (including phenoxy) is 1. The van der Waals surface area contributed by atoms with Gasteiger partial charge in [-0.3, -0.25) is 9.20 Å². The average molecular weight is 327 g/mol. The number of fused-ring (bicyclic) bond motifs is 1. The first-order chi connectivity index (χ1) is 11.3. The van der Waals surface area contributed by atoms with Gasteiger partial charge in [-0.25, -0.2) is 4.98 Å². The maximum absolute atomic E-state index is 12.3. The third-order valence-electron chi connectivity index (χ3n) is 4.25. The molecule has 0 spiro atoms. The Balaban J connectivity index is 1.38. The number of hydrogen-bond acceptors (Lipinski definition) is 4. The molecule has 4 rings (SSSR count). The lowest BCUT2D eigenvalue weighted by atomic mass is 10.1. The Bertz CT molecular complexity index is 826. The molecule has 1 aromatic carbocycles. The monoisotopic (exact) mass is 327 g/mol. The number of imidazole rings is 1. The zero-order valence-electron chi connectivity index (χ0n) is 12.7. The second-order valence-corrected chi connectivity index (χ2v) is 6.61. The summed E-state index contributed by atoms with van der Waals surface area (Å²) < 4.78 is 7.36. The van der Waals surface area contributed by atoms with Crippen molar-refractivity contribution in [3.05, 3.63) is 53.3 Å². The highest BCUT2D eigenvalue weighted by molar-refractivity contribution is 7.15. The van der Waals surface area contributed by atoms with E-state index in [9.17, 15) is 4.79 Å². The maximum atomic E-state index is 12.3. The molecule has 23 heavy (non-hydrogen) atoms. The summed E-state index contributed by atoms with van der Waals surface area (Å²) >= 11 is 1.59. The summed E-state index contributed by atoms with van der Waals surface area (Å²) in [5.41, 5.74) is 2.01. The molecule has 0 radical (unpaired) electrons. The number of hydrogen-bond donors (Lipinski definition) is 1. The molecule has 0 saturated heterocycles. The molecule has 118 valence electrons.